The SMILES string of the molecule is CC(/C=N/Nc1nnc2c3ccccc3n(C)c2n1)=C\c1ccco1. The fourth-order valence-electron chi connectivity index (χ4n) is 2.68. The number of aryl methyl sites for hydroxylation is 1. The van der Waals surface area contributed by atoms with Gasteiger partial charge in [0.1, 0.15) is 11.3 Å². The molecule has 0 aliphatic carbocycles. The van der Waals surface area contributed by atoms with Gasteiger partial charge in [-0.2, -0.15) is 10.1 Å². The van der Waals surface area contributed by atoms with E-state index in [-0.39, 0.29) is 0 Å². The van der Waals surface area contributed by atoms with Crippen molar-refractivity contribution >= 4 is 40.3 Å². The molecule has 0 radical (unpaired) electrons. The molecule has 7 heteroatoms. The van der Waals surface area contributed by atoms with Crippen molar-refractivity contribution < 1.29 is 4.42 Å². The monoisotopic (exact) mass is 332 g/mol. The van der Waals surface area contributed by atoms with Crippen LogP contribution in [0.5, 0.6) is 0 Å². The molecule has 0 atom stereocenters. The van der Waals surface area contributed by atoms with Gasteiger partial charge in [0, 0.05) is 12.4 Å². The molecular formula is C18H16N6O. The lowest BCUT2D eigenvalue weighted by Gasteiger charge is -1.99. The van der Waals surface area contributed by atoms with Gasteiger partial charge in [-0.05, 0) is 36.8 Å². The Morgan fingerprint density at radius 1 is 1.20 bits per heavy atom. The van der Waals surface area contributed by atoms with E-state index in [9.17, 15) is 0 Å². The van der Waals surface area contributed by atoms with Crippen LogP contribution >= 0.6 is 0 Å². The number of anilines is 1. The third kappa shape index (κ3) is 2.87. The van der Waals surface area contributed by atoms with Crippen LogP contribution < -0.4 is 5.43 Å². The quantitative estimate of drug-likeness (QED) is 0.456. The highest BCUT2D eigenvalue weighted by atomic mass is 16.3. The van der Waals surface area contributed by atoms with Crippen LogP contribution in [0.3, 0.4) is 0 Å². The molecule has 0 aliphatic heterocycles. The van der Waals surface area contributed by atoms with Crippen LogP contribution in [0.4, 0.5) is 5.95 Å². The van der Waals surface area contributed by atoms with E-state index in [0.717, 1.165) is 33.4 Å². The minimum absolute atomic E-state index is 0.348. The van der Waals surface area contributed by atoms with E-state index in [1.165, 1.54) is 0 Å². The zero-order chi connectivity index (χ0) is 17.2. The molecule has 0 aliphatic rings. The van der Waals surface area contributed by atoms with Crippen LogP contribution in [0.25, 0.3) is 28.1 Å². The first-order valence-corrected chi connectivity index (χ1v) is 7.81. The standard InChI is InChI=1S/C18H16N6O/c1-12(10-13-6-5-9-25-13)11-19-22-18-20-17-16(21-23-18)14-7-3-4-8-15(14)24(17)2/h3-11H,1-2H3,(H,20,22,23)/b12-10+,19-11+. The summed E-state index contributed by atoms with van der Waals surface area (Å²) in [7, 11) is 1.96. The van der Waals surface area contributed by atoms with Crippen molar-refractivity contribution in [2.75, 3.05) is 5.43 Å². The number of hydrogen-bond donors (Lipinski definition) is 1. The highest BCUT2D eigenvalue weighted by Gasteiger charge is 2.11. The summed E-state index contributed by atoms with van der Waals surface area (Å²) >= 11 is 0. The third-order valence-electron chi connectivity index (χ3n) is 3.85. The van der Waals surface area contributed by atoms with Crippen LogP contribution in [0.15, 0.2) is 57.8 Å². The Hall–Kier alpha value is -3.48. The fourth-order valence-corrected chi connectivity index (χ4v) is 2.68. The van der Waals surface area contributed by atoms with Crippen molar-refractivity contribution in [3.8, 4) is 0 Å². The predicted molar refractivity (Wildman–Crippen MR) is 98.3 cm³/mol. The number of rotatable bonds is 4. The van der Waals surface area contributed by atoms with Crippen LogP contribution in [-0.2, 0) is 7.05 Å². The van der Waals surface area contributed by atoms with Crippen molar-refractivity contribution in [1.29, 1.82) is 0 Å². The number of allylic oxidation sites excluding steroid dienone is 1. The maximum atomic E-state index is 5.26. The number of hydrogen-bond acceptors (Lipinski definition) is 6. The number of fused-ring (bicyclic) bond motifs is 3. The Kier molecular flexibility index (Phi) is 3.74. The van der Waals surface area contributed by atoms with Crippen molar-refractivity contribution in [2.45, 2.75) is 6.92 Å². The maximum absolute atomic E-state index is 5.26. The molecule has 0 amide bonds. The minimum Gasteiger partial charge on any atom is -0.465 e. The molecule has 0 saturated carbocycles. The molecule has 25 heavy (non-hydrogen) atoms. The van der Waals surface area contributed by atoms with Crippen molar-refractivity contribution in [1.82, 2.24) is 19.7 Å². The molecular weight excluding hydrogens is 316 g/mol. The molecule has 4 rings (SSSR count). The van der Waals surface area contributed by atoms with Gasteiger partial charge < -0.3 is 8.98 Å². The number of aromatic nitrogens is 4. The Balaban J connectivity index is 1.59. The fraction of sp³-hybridized carbons (Fsp3) is 0.111. The van der Waals surface area contributed by atoms with Crippen molar-refractivity contribution in [3.63, 3.8) is 0 Å². The van der Waals surface area contributed by atoms with E-state index in [4.69, 9.17) is 4.42 Å². The largest absolute Gasteiger partial charge is 0.465 e. The highest BCUT2D eigenvalue weighted by molar-refractivity contribution is 6.04. The van der Waals surface area contributed by atoms with Crippen molar-refractivity contribution in [2.24, 2.45) is 12.1 Å². The van der Waals surface area contributed by atoms with E-state index in [1.807, 2.05) is 61.0 Å². The van der Waals surface area contributed by atoms with E-state index >= 15 is 0 Å². The zero-order valence-electron chi connectivity index (χ0n) is 13.8. The first kappa shape index (κ1) is 15.1. The van der Waals surface area contributed by atoms with Gasteiger partial charge in [-0.1, -0.05) is 18.2 Å². The lowest BCUT2D eigenvalue weighted by Crippen LogP contribution is -2.00. The van der Waals surface area contributed by atoms with E-state index in [0.29, 0.717) is 5.95 Å². The Morgan fingerprint density at radius 3 is 2.92 bits per heavy atom. The molecule has 0 fully saturated rings. The molecule has 0 bridgehead atoms. The lowest BCUT2D eigenvalue weighted by molar-refractivity contribution is 0.557. The van der Waals surface area contributed by atoms with Crippen LogP contribution in [0, 0.1) is 0 Å². The maximum Gasteiger partial charge on any atom is 0.265 e. The summed E-state index contributed by atoms with van der Waals surface area (Å²) in [5.74, 6) is 1.12. The minimum atomic E-state index is 0.348. The first-order valence-electron chi connectivity index (χ1n) is 7.81. The molecule has 0 saturated heterocycles. The molecule has 1 aromatic carbocycles. The summed E-state index contributed by atoms with van der Waals surface area (Å²) < 4.78 is 7.26. The van der Waals surface area contributed by atoms with Crippen LogP contribution in [0.2, 0.25) is 0 Å². The zero-order valence-corrected chi connectivity index (χ0v) is 13.8. The number of benzene rings is 1. The average molecular weight is 332 g/mol. The molecule has 3 aromatic heterocycles. The van der Waals surface area contributed by atoms with Gasteiger partial charge in [0.25, 0.3) is 5.95 Å². The van der Waals surface area contributed by atoms with Gasteiger partial charge in [0.2, 0.25) is 0 Å². The van der Waals surface area contributed by atoms with Gasteiger partial charge in [-0.3, -0.25) is 0 Å². The molecule has 124 valence electrons. The molecule has 1 N–H and O–H groups in total. The summed E-state index contributed by atoms with van der Waals surface area (Å²) in [6, 6.07) is 11.7. The Bertz CT molecular complexity index is 1090. The molecule has 7 nitrogen and oxygen atoms in total. The van der Waals surface area contributed by atoms with Crippen molar-refractivity contribution in [3.05, 3.63) is 54.0 Å². The second-order valence-corrected chi connectivity index (χ2v) is 5.66. The third-order valence-corrected chi connectivity index (χ3v) is 3.85. The summed E-state index contributed by atoms with van der Waals surface area (Å²) in [6.45, 7) is 1.93. The summed E-state index contributed by atoms with van der Waals surface area (Å²) in [4.78, 5) is 4.51. The van der Waals surface area contributed by atoms with E-state index in [1.54, 1.807) is 12.5 Å². The van der Waals surface area contributed by atoms with Gasteiger partial charge >= 0.3 is 0 Å². The smallest absolute Gasteiger partial charge is 0.265 e. The van der Waals surface area contributed by atoms with Gasteiger partial charge in [-0.25, -0.2) is 5.43 Å². The number of para-hydroxylation sites is 1. The van der Waals surface area contributed by atoms with Gasteiger partial charge in [0.05, 0.1) is 18.0 Å². The van der Waals surface area contributed by atoms with E-state index in [2.05, 4.69) is 25.7 Å². The number of hydrazone groups is 1. The first-order chi connectivity index (χ1) is 12.2. The number of nitrogens with zero attached hydrogens (tertiary/aromatic N) is 5. The van der Waals surface area contributed by atoms with E-state index < -0.39 is 0 Å². The molecule has 0 unspecified atom stereocenters. The Morgan fingerprint density at radius 2 is 2.08 bits per heavy atom. The number of furan rings is 1. The molecule has 0 spiro atoms. The summed E-state index contributed by atoms with van der Waals surface area (Å²) in [5.41, 5.74) is 6.36. The topological polar surface area (TPSA) is 81.1 Å². The van der Waals surface area contributed by atoms with Gasteiger partial charge in [0.15, 0.2) is 5.65 Å². The lowest BCUT2D eigenvalue weighted by atomic mass is 10.2. The number of nitrogens with one attached hydrogen (secondary N) is 1. The molecule has 4 aromatic rings. The predicted octanol–water partition coefficient (Wildman–Crippen LogP) is 3.61. The normalized spacial score (nSPS) is 12.5. The second kappa shape index (κ2) is 6.20. The average Bonchev–Trinajstić information content (AvgIpc) is 3.23. The summed E-state index contributed by atoms with van der Waals surface area (Å²) in [6.07, 6.45) is 5.20. The summed E-state index contributed by atoms with van der Waals surface area (Å²) in [5, 5.41) is 13.6. The van der Waals surface area contributed by atoms with Crippen LogP contribution in [-0.4, -0.2) is 26.0 Å². The van der Waals surface area contributed by atoms with Crippen LogP contribution in [0.1, 0.15) is 12.7 Å². The Labute approximate surface area is 143 Å². The second-order valence-electron chi connectivity index (χ2n) is 5.66. The van der Waals surface area contributed by atoms with Gasteiger partial charge in [-0.15, -0.1) is 10.2 Å². The highest BCUT2D eigenvalue weighted by Crippen LogP contribution is 2.24. The molecule has 3 heterocycles.